The maximum Gasteiger partial charge on any atom is 0.332 e. The first-order chi connectivity index (χ1) is 14.5. The van der Waals surface area contributed by atoms with E-state index in [2.05, 4.69) is 0 Å². The highest BCUT2D eigenvalue weighted by Crippen LogP contribution is 2.33. The van der Waals surface area contributed by atoms with Crippen LogP contribution in [-0.4, -0.2) is 47.1 Å². The summed E-state index contributed by atoms with van der Waals surface area (Å²) in [6, 6.07) is 5.35. The van der Waals surface area contributed by atoms with E-state index in [-0.39, 0.29) is 38.9 Å². The van der Waals surface area contributed by atoms with Gasteiger partial charge in [-0.15, -0.1) is 11.3 Å². The van der Waals surface area contributed by atoms with Crippen molar-refractivity contribution in [2.75, 3.05) is 27.1 Å². The molecule has 1 aliphatic rings. The second-order valence-electron chi connectivity index (χ2n) is 6.83. The van der Waals surface area contributed by atoms with Gasteiger partial charge in [0.2, 0.25) is 6.79 Å². The fraction of sp³-hybridized carbons (Fsp3) is 0.350. The Labute approximate surface area is 174 Å². The zero-order chi connectivity index (χ0) is 21.4. The predicted molar refractivity (Wildman–Crippen MR) is 110 cm³/mol. The van der Waals surface area contributed by atoms with Gasteiger partial charge in [-0.3, -0.25) is 18.7 Å². The van der Waals surface area contributed by atoms with Crippen molar-refractivity contribution in [3.05, 3.63) is 55.0 Å². The molecule has 0 saturated carbocycles. The van der Waals surface area contributed by atoms with E-state index in [1.807, 2.05) is 6.07 Å². The average Bonchev–Trinajstić information content (AvgIpc) is 3.32. The van der Waals surface area contributed by atoms with Gasteiger partial charge in [0.1, 0.15) is 11.4 Å². The molecule has 1 aromatic carbocycles. The lowest BCUT2D eigenvalue weighted by atomic mass is 10.1. The molecule has 3 heterocycles. The van der Waals surface area contributed by atoms with Crippen LogP contribution in [0.5, 0.6) is 11.5 Å². The summed E-state index contributed by atoms with van der Waals surface area (Å²) in [6.07, 6.45) is 0. The first kappa shape index (κ1) is 20.3. The molecule has 4 rings (SSSR count). The number of nitrogens with zero attached hydrogens (tertiary/aromatic N) is 2. The Morgan fingerprint density at radius 3 is 2.73 bits per heavy atom. The molecule has 158 valence electrons. The number of rotatable bonds is 7. The lowest BCUT2D eigenvalue weighted by molar-refractivity contribution is 0.0851. The largest absolute Gasteiger partial charge is 0.454 e. The molecule has 2 aromatic heterocycles. The monoisotopic (exact) mass is 432 g/mol. The number of ether oxygens (including phenoxy) is 3. The van der Waals surface area contributed by atoms with Crippen molar-refractivity contribution in [2.45, 2.75) is 20.0 Å². The van der Waals surface area contributed by atoms with Crippen LogP contribution in [0, 0.1) is 6.92 Å². The molecule has 0 saturated heterocycles. The van der Waals surface area contributed by atoms with E-state index in [1.165, 1.54) is 11.7 Å². The second-order valence-corrected chi connectivity index (χ2v) is 7.83. The molecule has 30 heavy (non-hydrogen) atoms. The van der Waals surface area contributed by atoms with Crippen molar-refractivity contribution < 1.29 is 24.1 Å². The number of aromatic nitrogens is 2. The van der Waals surface area contributed by atoms with Crippen LogP contribution in [0.2, 0.25) is 0 Å². The van der Waals surface area contributed by atoms with Gasteiger partial charge in [0, 0.05) is 7.11 Å². The predicted octanol–water partition coefficient (Wildman–Crippen LogP) is 1.13. The van der Waals surface area contributed by atoms with Crippen molar-refractivity contribution >= 4 is 27.3 Å². The quantitative estimate of drug-likeness (QED) is 0.558. The molecule has 0 aliphatic carbocycles. The van der Waals surface area contributed by atoms with E-state index in [4.69, 9.17) is 14.2 Å². The average molecular weight is 432 g/mol. The number of methoxy groups -OCH3 is 1. The maximum absolute atomic E-state index is 13.1. The molecule has 1 aliphatic heterocycles. The van der Waals surface area contributed by atoms with Crippen LogP contribution >= 0.6 is 11.3 Å². The molecule has 0 unspecified atom stereocenters. The van der Waals surface area contributed by atoms with Gasteiger partial charge in [-0.2, -0.15) is 0 Å². The minimum atomic E-state index is -0.550. The number of thiophene rings is 1. The maximum atomic E-state index is 13.1. The molecule has 0 fully saturated rings. The van der Waals surface area contributed by atoms with E-state index >= 15 is 0 Å². The van der Waals surface area contributed by atoms with Gasteiger partial charge in [-0.1, -0.05) is 6.07 Å². The fourth-order valence-electron chi connectivity index (χ4n) is 3.52. The summed E-state index contributed by atoms with van der Waals surface area (Å²) in [4.78, 5) is 39.3. The van der Waals surface area contributed by atoms with Gasteiger partial charge in [0.25, 0.3) is 5.56 Å². The number of fused-ring (bicyclic) bond motifs is 2. The minimum Gasteiger partial charge on any atom is -0.454 e. The van der Waals surface area contributed by atoms with Gasteiger partial charge in [-0.25, -0.2) is 4.79 Å². The SMILES string of the molecule is COCC(=O)c1sc2c(c1C)c(=O)n(CCO)c(=O)n2Cc1ccc2c(c1)OCO2. The first-order valence-electron chi connectivity index (χ1n) is 9.24. The first-order valence-corrected chi connectivity index (χ1v) is 10.1. The molecular formula is C20H20N2O7S. The highest BCUT2D eigenvalue weighted by molar-refractivity contribution is 7.20. The van der Waals surface area contributed by atoms with Crippen LogP contribution in [-0.2, 0) is 17.8 Å². The number of ketones is 1. The molecule has 0 amide bonds. The Hall–Kier alpha value is -2.95. The molecule has 0 atom stereocenters. The van der Waals surface area contributed by atoms with Gasteiger partial charge < -0.3 is 19.3 Å². The van der Waals surface area contributed by atoms with Crippen LogP contribution in [0.25, 0.3) is 10.2 Å². The van der Waals surface area contributed by atoms with Crippen molar-refractivity contribution in [1.29, 1.82) is 0 Å². The highest BCUT2D eigenvalue weighted by Gasteiger charge is 2.23. The van der Waals surface area contributed by atoms with Gasteiger partial charge in [0.15, 0.2) is 17.3 Å². The van der Waals surface area contributed by atoms with Gasteiger partial charge >= 0.3 is 5.69 Å². The third kappa shape index (κ3) is 3.32. The molecule has 9 nitrogen and oxygen atoms in total. The highest BCUT2D eigenvalue weighted by atomic mass is 32.1. The summed E-state index contributed by atoms with van der Waals surface area (Å²) in [5.41, 5.74) is 0.211. The van der Waals surface area contributed by atoms with E-state index in [0.29, 0.717) is 32.2 Å². The Morgan fingerprint density at radius 1 is 1.23 bits per heavy atom. The van der Waals surface area contributed by atoms with E-state index in [1.54, 1.807) is 19.1 Å². The number of aliphatic hydroxyl groups excluding tert-OH is 1. The molecule has 1 N–H and O–H groups in total. The Balaban J connectivity index is 1.92. The molecule has 0 bridgehead atoms. The minimum absolute atomic E-state index is 0.120. The summed E-state index contributed by atoms with van der Waals surface area (Å²) < 4.78 is 18.1. The second kappa shape index (κ2) is 8.05. The zero-order valence-electron chi connectivity index (χ0n) is 16.5. The summed E-state index contributed by atoms with van der Waals surface area (Å²) in [5, 5.41) is 9.65. The number of benzene rings is 1. The zero-order valence-corrected chi connectivity index (χ0v) is 17.3. The number of hydrogen-bond donors (Lipinski definition) is 1. The van der Waals surface area contributed by atoms with Crippen molar-refractivity contribution in [3.8, 4) is 11.5 Å². The molecule has 3 aromatic rings. The van der Waals surface area contributed by atoms with E-state index < -0.39 is 11.2 Å². The summed E-state index contributed by atoms with van der Waals surface area (Å²) in [6.45, 7) is 1.37. The van der Waals surface area contributed by atoms with Crippen LogP contribution in [0.3, 0.4) is 0 Å². The molecular weight excluding hydrogens is 412 g/mol. The van der Waals surface area contributed by atoms with Crippen LogP contribution in [0.1, 0.15) is 20.8 Å². The van der Waals surface area contributed by atoms with E-state index in [0.717, 1.165) is 21.5 Å². The van der Waals surface area contributed by atoms with Crippen LogP contribution in [0.15, 0.2) is 27.8 Å². The number of hydrogen-bond acceptors (Lipinski definition) is 8. The Morgan fingerprint density at radius 2 is 2.00 bits per heavy atom. The molecule has 0 spiro atoms. The molecule has 0 radical (unpaired) electrons. The molecule has 10 heteroatoms. The van der Waals surface area contributed by atoms with Crippen molar-refractivity contribution in [2.24, 2.45) is 0 Å². The van der Waals surface area contributed by atoms with Gasteiger partial charge in [0.05, 0.1) is 30.0 Å². The Bertz CT molecular complexity index is 1250. The summed E-state index contributed by atoms with van der Waals surface area (Å²) in [7, 11) is 1.42. The fourth-order valence-corrected chi connectivity index (χ4v) is 4.73. The summed E-state index contributed by atoms with van der Waals surface area (Å²) >= 11 is 1.10. The van der Waals surface area contributed by atoms with E-state index in [9.17, 15) is 19.5 Å². The van der Waals surface area contributed by atoms with Crippen molar-refractivity contribution in [1.82, 2.24) is 9.13 Å². The standard InChI is InChI=1S/C20H20N2O7S/c1-11-16-18(25)21(5-6-23)20(26)22(19(16)30-17(11)13(24)9-27-2)8-12-3-4-14-15(7-12)29-10-28-14/h3-4,7,23H,5-6,8-10H2,1-2H3. The van der Waals surface area contributed by atoms with Crippen LogP contribution < -0.4 is 20.7 Å². The summed E-state index contributed by atoms with van der Waals surface area (Å²) in [5.74, 6) is 0.950. The topological polar surface area (TPSA) is 109 Å². The van der Waals surface area contributed by atoms with Gasteiger partial charge in [-0.05, 0) is 30.2 Å². The third-order valence-corrected chi connectivity index (χ3v) is 6.28. The Kier molecular flexibility index (Phi) is 5.46. The van der Waals surface area contributed by atoms with Crippen molar-refractivity contribution in [3.63, 3.8) is 0 Å². The number of aryl methyl sites for hydroxylation is 1. The number of carbonyl (C=O) groups excluding carboxylic acids is 1. The lowest BCUT2D eigenvalue weighted by Gasteiger charge is -2.12. The number of Topliss-reactive ketones (excluding diaryl/α,β-unsaturated/α-hetero) is 1. The van der Waals surface area contributed by atoms with Crippen LogP contribution in [0.4, 0.5) is 0 Å². The third-order valence-electron chi connectivity index (χ3n) is 4.92. The number of aliphatic hydroxyl groups is 1. The lowest BCUT2D eigenvalue weighted by Crippen LogP contribution is -2.40. The normalized spacial score (nSPS) is 12.6. The number of carbonyl (C=O) groups is 1. The smallest absolute Gasteiger partial charge is 0.332 e.